The Morgan fingerprint density at radius 3 is 2.80 bits per heavy atom. The molecule has 1 aromatic carbocycles. The maximum absolute atomic E-state index is 11.5. The lowest BCUT2D eigenvalue weighted by atomic mass is 10.2. The zero-order chi connectivity index (χ0) is 13.9. The van der Waals surface area contributed by atoms with Crippen molar-refractivity contribution in [2.45, 2.75) is 0 Å². The molecule has 0 aliphatic rings. The molecule has 0 amide bonds. The molecule has 6 heteroatoms. The van der Waals surface area contributed by atoms with Gasteiger partial charge in [0.05, 0.1) is 11.3 Å². The molecule has 20 heavy (non-hydrogen) atoms. The van der Waals surface area contributed by atoms with Gasteiger partial charge in [0, 0.05) is 17.6 Å². The predicted octanol–water partition coefficient (Wildman–Crippen LogP) is 2.99. The lowest BCUT2D eigenvalue weighted by molar-refractivity contribution is -0.591. The topological polar surface area (TPSA) is 84.8 Å². The van der Waals surface area contributed by atoms with Crippen molar-refractivity contribution in [2.75, 3.05) is 0 Å². The van der Waals surface area contributed by atoms with Crippen LogP contribution in [0, 0.1) is 5.21 Å². The Balaban J connectivity index is 2.08. The van der Waals surface area contributed by atoms with Crippen molar-refractivity contribution in [2.24, 2.45) is 10.2 Å². The molecular formula is C14H10N4O2. The number of hydrogen-bond acceptors (Lipinski definition) is 5. The Morgan fingerprint density at radius 1 is 1.05 bits per heavy atom. The van der Waals surface area contributed by atoms with Gasteiger partial charge < -0.3 is 10.3 Å². The molecule has 0 radical (unpaired) electrons. The SMILES string of the molecule is [O-][n+]1ccccc1/N=N/c1ccc(O)c2ncccc12. The predicted molar refractivity (Wildman–Crippen MR) is 73.0 cm³/mol. The number of aromatic nitrogens is 2. The highest BCUT2D eigenvalue weighted by atomic mass is 16.5. The van der Waals surface area contributed by atoms with Gasteiger partial charge in [-0.1, -0.05) is 6.07 Å². The summed E-state index contributed by atoms with van der Waals surface area (Å²) < 4.78 is 0.629. The van der Waals surface area contributed by atoms with Gasteiger partial charge in [-0.15, -0.1) is 0 Å². The van der Waals surface area contributed by atoms with Crippen LogP contribution >= 0.6 is 0 Å². The van der Waals surface area contributed by atoms with E-state index in [9.17, 15) is 10.3 Å². The van der Waals surface area contributed by atoms with Gasteiger partial charge in [0.15, 0.2) is 0 Å². The van der Waals surface area contributed by atoms with E-state index in [1.165, 1.54) is 12.3 Å². The molecule has 0 unspecified atom stereocenters. The second kappa shape index (κ2) is 4.93. The van der Waals surface area contributed by atoms with E-state index >= 15 is 0 Å². The van der Waals surface area contributed by atoms with Gasteiger partial charge in [-0.05, 0) is 35.4 Å². The number of azo groups is 1. The summed E-state index contributed by atoms with van der Waals surface area (Å²) in [7, 11) is 0. The van der Waals surface area contributed by atoms with Gasteiger partial charge in [0.2, 0.25) is 0 Å². The maximum Gasteiger partial charge on any atom is 0.353 e. The maximum atomic E-state index is 11.5. The van der Waals surface area contributed by atoms with Crippen LogP contribution in [-0.2, 0) is 0 Å². The number of benzene rings is 1. The molecule has 0 aliphatic heterocycles. The van der Waals surface area contributed by atoms with Crippen LogP contribution in [0.4, 0.5) is 11.5 Å². The monoisotopic (exact) mass is 266 g/mol. The summed E-state index contributed by atoms with van der Waals surface area (Å²) in [5, 5.41) is 29.9. The van der Waals surface area contributed by atoms with Crippen molar-refractivity contribution in [3.8, 4) is 5.75 Å². The second-order valence-corrected chi connectivity index (χ2v) is 4.09. The lowest BCUT2D eigenvalue weighted by Crippen LogP contribution is -2.24. The van der Waals surface area contributed by atoms with Crippen LogP contribution in [0.25, 0.3) is 10.9 Å². The van der Waals surface area contributed by atoms with E-state index in [2.05, 4.69) is 15.2 Å². The van der Waals surface area contributed by atoms with Gasteiger partial charge in [0.1, 0.15) is 17.0 Å². The quantitative estimate of drug-likeness (QED) is 0.439. The number of phenols is 1. The van der Waals surface area contributed by atoms with Gasteiger partial charge in [0.25, 0.3) is 0 Å². The second-order valence-electron chi connectivity index (χ2n) is 4.09. The first-order chi connectivity index (χ1) is 9.75. The van der Waals surface area contributed by atoms with Crippen LogP contribution in [-0.4, -0.2) is 10.1 Å². The average Bonchev–Trinajstić information content (AvgIpc) is 2.48. The molecule has 1 N–H and O–H groups in total. The molecule has 0 saturated heterocycles. The van der Waals surface area contributed by atoms with Crippen LogP contribution in [0.15, 0.2) is 65.1 Å². The van der Waals surface area contributed by atoms with Crippen molar-refractivity contribution in [3.05, 3.63) is 60.1 Å². The number of nitrogens with zero attached hydrogens (tertiary/aromatic N) is 4. The zero-order valence-corrected chi connectivity index (χ0v) is 10.3. The van der Waals surface area contributed by atoms with E-state index in [0.717, 1.165) is 0 Å². The minimum Gasteiger partial charge on any atom is -0.710 e. The molecule has 6 nitrogen and oxygen atoms in total. The summed E-state index contributed by atoms with van der Waals surface area (Å²) in [5.74, 6) is 0.274. The van der Waals surface area contributed by atoms with Crippen molar-refractivity contribution in [1.29, 1.82) is 0 Å². The highest BCUT2D eigenvalue weighted by Crippen LogP contribution is 2.31. The number of fused-ring (bicyclic) bond motifs is 1. The Morgan fingerprint density at radius 2 is 1.95 bits per heavy atom. The van der Waals surface area contributed by atoms with E-state index in [1.54, 1.807) is 42.6 Å². The van der Waals surface area contributed by atoms with Crippen LogP contribution in [0.5, 0.6) is 5.75 Å². The van der Waals surface area contributed by atoms with Crippen LogP contribution in [0.2, 0.25) is 0 Å². The Kier molecular flexibility index (Phi) is 2.96. The number of hydrogen-bond donors (Lipinski definition) is 1. The molecule has 2 heterocycles. The molecular weight excluding hydrogens is 256 g/mol. The van der Waals surface area contributed by atoms with Crippen molar-refractivity contribution in [3.63, 3.8) is 0 Å². The molecule has 0 saturated carbocycles. The van der Waals surface area contributed by atoms with Crippen LogP contribution in [0.1, 0.15) is 0 Å². The fraction of sp³-hybridized carbons (Fsp3) is 0. The molecule has 3 aromatic rings. The minimum absolute atomic E-state index is 0.0816. The first-order valence-electron chi connectivity index (χ1n) is 5.92. The summed E-state index contributed by atoms with van der Waals surface area (Å²) in [6.07, 6.45) is 2.94. The molecule has 0 spiro atoms. The average molecular weight is 266 g/mol. The van der Waals surface area contributed by atoms with Gasteiger partial charge >= 0.3 is 5.82 Å². The fourth-order valence-electron chi connectivity index (χ4n) is 1.83. The number of rotatable bonds is 2. The molecule has 0 aliphatic carbocycles. The molecule has 2 aromatic heterocycles. The van der Waals surface area contributed by atoms with E-state index in [1.807, 2.05) is 0 Å². The van der Waals surface area contributed by atoms with Crippen molar-refractivity contribution >= 4 is 22.4 Å². The highest BCUT2D eigenvalue weighted by molar-refractivity contribution is 5.93. The van der Waals surface area contributed by atoms with E-state index in [-0.39, 0.29) is 11.6 Å². The van der Waals surface area contributed by atoms with Gasteiger partial charge in [-0.2, -0.15) is 0 Å². The summed E-state index contributed by atoms with van der Waals surface area (Å²) in [6.45, 7) is 0. The number of aromatic hydroxyl groups is 1. The first-order valence-corrected chi connectivity index (χ1v) is 5.92. The lowest BCUT2D eigenvalue weighted by Gasteiger charge is -2.01. The normalized spacial score (nSPS) is 11.2. The Hall–Kier alpha value is -3.02. The zero-order valence-electron chi connectivity index (χ0n) is 10.3. The van der Waals surface area contributed by atoms with E-state index < -0.39 is 0 Å². The molecule has 0 bridgehead atoms. The summed E-state index contributed by atoms with van der Waals surface area (Å²) in [5.41, 5.74) is 0.988. The summed E-state index contributed by atoms with van der Waals surface area (Å²) in [4.78, 5) is 4.10. The summed E-state index contributed by atoms with van der Waals surface area (Å²) in [6, 6.07) is 11.5. The van der Waals surface area contributed by atoms with Gasteiger partial charge in [-0.25, -0.2) is 4.73 Å². The Bertz CT molecular complexity index is 802. The number of phenolic OH excluding ortho intramolecular Hbond substituents is 1. The van der Waals surface area contributed by atoms with Crippen LogP contribution < -0.4 is 4.73 Å². The third-order valence-electron chi connectivity index (χ3n) is 2.79. The third kappa shape index (κ3) is 2.14. The first kappa shape index (κ1) is 12.0. The third-order valence-corrected chi connectivity index (χ3v) is 2.79. The van der Waals surface area contributed by atoms with Gasteiger partial charge in [-0.3, -0.25) is 4.98 Å². The Labute approximate surface area is 114 Å². The summed E-state index contributed by atoms with van der Waals surface area (Å²) >= 11 is 0. The molecule has 0 atom stereocenters. The standard InChI is InChI=1S/C14H10N4O2/c19-12-7-6-11(10-4-3-8-15-14(10)12)16-17-13-5-1-2-9-18(13)20/h1-9,19H/b17-16+. The van der Waals surface area contributed by atoms with E-state index in [0.29, 0.717) is 21.3 Å². The largest absolute Gasteiger partial charge is 0.710 e. The highest BCUT2D eigenvalue weighted by Gasteiger charge is 2.08. The van der Waals surface area contributed by atoms with E-state index in [4.69, 9.17) is 0 Å². The smallest absolute Gasteiger partial charge is 0.353 e. The number of pyridine rings is 2. The molecule has 98 valence electrons. The van der Waals surface area contributed by atoms with Crippen molar-refractivity contribution < 1.29 is 9.84 Å². The molecule has 0 fully saturated rings. The van der Waals surface area contributed by atoms with Crippen LogP contribution in [0.3, 0.4) is 0 Å². The minimum atomic E-state index is 0.0816. The molecule has 3 rings (SSSR count). The fourth-order valence-corrected chi connectivity index (χ4v) is 1.83. The van der Waals surface area contributed by atoms with Crippen molar-refractivity contribution in [1.82, 2.24) is 4.98 Å².